The molecule has 110 valence electrons. The Morgan fingerprint density at radius 2 is 1.60 bits per heavy atom. The highest BCUT2D eigenvalue weighted by Gasteiger charge is 2.43. The normalized spacial score (nSPS) is 16.1. The molecule has 0 saturated heterocycles. The third-order valence-corrected chi connectivity index (χ3v) is 4.64. The summed E-state index contributed by atoms with van der Waals surface area (Å²) < 4.78 is 0. The average molecular weight is 274 g/mol. The van der Waals surface area contributed by atoms with E-state index < -0.39 is 11.4 Å². The van der Waals surface area contributed by atoms with Gasteiger partial charge in [-0.2, -0.15) is 0 Å². The number of fused-ring (bicyclic) bond motifs is 1. The van der Waals surface area contributed by atoms with E-state index in [1.807, 2.05) is 12.1 Å². The topological polar surface area (TPSA) is 37.3 Å². The van der Waals surface area contributed by atoms with Crippen molar-refractivity contribution < 1.29 is 9.90 Å². The van der Waals surface area contributed by atoms with Gasteiger partial charge in [-0.15, -0.1) is 0 Å². The van der Waals surface area contributed by atoms with Crippen LogP contribution >= 0.6 is 0 Å². The summed E-state index contributed by atoms with van der Waals surface area (Å²) in [4.78, 5) is 11.8. The molecule has 0 fully saturated rings. The highest BCUT2D eigenvalue weighted by atomic mass is 16.4. The van der Waals surface area contributed by atoms with Gasteiger partial charge in [-0.05, 0) is 30.4 Å². The van der Waals surface area contributed by atoms with E-state index in [1.165, 1.54) is 43.2 Å². The van der Waals surface area contributed by atoms with Crippen molar-refractivity contribution in [2.75, 3.05) is 0 Å². The number of hydrogen-bond acceptors (Lipinski definition) is 1. The van der Waals surface area contributed by atoms with Crippen molar-refractivity contribution in [1.29, 1.82) is 0 Å². The number of benzene rings is 1. The number of carboxylic acid groups (broad SMARTS) is 1. The van der Waals surface area contributed by atoms with Crippen LogP contribution in [0, 0.1) is 5.41 Å². The second kappa shape index (κ2) is 6.92. The standard InChI is InChI=1S/C18H26O2/c1-2-3-4-5-6-9-12-18(17(19)20)13-15-10-7-8-11-16(15)14-18/h7-8,10-11H,2-6,9,12-14H2,1H3,(H,19,20). The summed E-state index contributed by atoms with van der Waals surface area (Å²) in [6, 6.07) is 8.20. The monoisotopic (exact) mass is 274 g/mol. The first-order chi connectivity index (χ1) is 9.68. The van der Waals surface area contributed by atoms with Crippen LogP contribution in [-0.2, 0) is 17.6 Å². The summed E-state index contributed by atoms with van der Waals surface area (Å²) in [6.07, 6.45) is 9.57. The average Bonchev–Trinajstić information content (AvgIpc) is 2.82. The van der Waals surface area contributed by atoms with Gasteiger partial charge in [-0.1, -0.05) is 69.7 Å². The van der Waals surface area contributed by atoms with E-state index in [4.69, 9.17) is 0 Å². The van der Waals surface area contributed by atoms with Gasteiger partial charge in [0.2, 0.25) is 0 Å². The smallest absolute Gasteiger partial charge is 0.310 e. The fraction of sp³-hybridized carbons (Fsp3) is 0.611. The molecule has 0 atom stereocenters. The van der Waals surface area contributed by atoms with E-state index in [0.29, 0.717) is 12.8 Å². The van der Waals surface area contributed by atoms with Crippen molar-refractivity contribution in [2.24, 2.45) is 5.41 Å². The van der Waals surface area contributed by atoms with Crippen LogP contribution in [0.4, 0.5) is 0 Å². The third-order valence-electron chi connectivity index (χ3n) is 4.64. The first kappa shape index (κ1) is 15.1. The summed E-state index contributed by atoms with van der Waals surface area (Å²) in [7, 11) is 0. The van der Waals surface area contributed by atoms with Gasteiger partial charge in [0.05, 0.1) is 5.41 Å². The van der Waals surface area contributed by atoms with Crippen LogP contribution in [0.25, 0.3) is 0 Å². The molecule has 2 nitrogen and oxygen atoms in total. The van der Waals surface area contributed by atoms with Crippen LogP contribution in [0.1, 0.15) is 63.0 Å². The van der Waals surface area contributed by atoms with Crippen LogP contribution in [0.2, 0.25) is 0 Å². The lowest BCUT2D eigenvalue weighted by atomic mass is 9.79. The number of aliphatic carboxylic acids is 1. The molecule has 0 heterocycles. The predicted molar refractivity (Wildman–Crippen MR) is 81.9 cm³/mol. The van der Waals surface area contributed by atoms with Gasteiger partial charge in [0.15, 0.2) is 0 Å². The number of hydrogen-bond donors (Lipinski definition) is 1. The lowest BCUT2D eigenvalue weighted by Gasteiger charge is -2.23. The minimum absolute atomic E-state index is 0.533. The molecule has 1 N–H and O–H groups in total. The van der Waals surface area contributed by atoms with Crippen molar-refractivity contribution >= 4 is 5.97 Å². The van der Waals surface area contributed by atoms with Gasteiger partial charge in [0.25, 0.3) is 0 Å². The first-order valence-corrected chi connectivity index (χ1v) is 7.98. The fourth-order valence-electron chi connectivity index (χ4n) is 3.37. The van der Waals surface area contributed by atoms with Crippen molar-refractivity contribution in [1.82, 2.24) is 0 Å². The van der Waals surface area contributed by atoms with Gasteiger partial charge >= 0.3 is 5.97 Å². The van der Waals surface area contributed by atoms with E-state index in [0.717, 1.165) is 12.8 Å². The lowest BCUT2D eigenvalue weighted by molar-refractivity contribution is -0.149. The predicted octanol–water partition coefficient (Wildman–Crippen LogP) is 4.61. The zero-order chi connectivity index (χ0) is 14.4. The van der Waals surface area contributed by atoms with E-state index in [-0.39, 0.29) is 0 Å². The Kier molecular flexibility index (Phi) is 5.22. The number of carboxylic acids is 1. The van der Waals surface area contributed by atoms with Crippen LogP contribution in [0.5, 0.6) is 0 Å². The van der Waals surface area contributed by atoms with Crippen molar-refractivity contribution in [3.63, 3.8) is 0 Å². The Labute approximate surface area is 122 Å². The molecule has 0 aromatic heterocycles. The van der Waals surface area contributed by atoms with E-state index in [1.54, 1.807) is 0 Å². The molecule has 0 bridgehead atoms. The second-order valence-corrected chi connectivity index (χ2v) is 6.23. The van der Waals surface area contributed by atoms with Crippen molar-refractivity contribution in [3.05, 3.63) is 35.4 Å². The maximum Gasteiger partial charge on any atom is 0.310 e. The van der Waals surface area contributed by atoms with Crippen LogP contribution in [-0.4, -0.2) is 11.1 Å². The van der Waals surface area contributed by atoms with E-state index in [9.17, 15) is 9.90 Å². The molecule has 1 aliphatic carbocycles. The number of carbonyl (C=O) groups is 1. The van der Waals surface area contributed by atoms with Gasteiger partial charge in [0.1, 0.15) is 0 Å². The maximum atomic E-state index is 11.8. The molecular formula is C18H26O2. The minimum atomic E-state index is -0.609. The molecule has 2 rings (SSSR count). The summed E-state index contributed by atoms with van der Waals surface area (Å²) in [5.74, 6) is -0.609. The number of rotatable bonds is 8. The number of unbranched alkanes of at least 4 members (excludes halogenated alkanes) is 5. The molecule has 0 radical (unpaired) electrons. The molecule has 0 unspecified atom stereocenters. The molecule has 0 amide bonds. The SMILES string of the molecule is CCCCCCCCC1(C(=O)O)Cc2ccccc2C1. The van der Waals surface area contributed by atoms with Crippen LogP contribution in [0.3, 0.4) is 0 Å². The minimum Gasteiger partial charge on any atom is -0.481 e. The van der Waals surface area contributed by atoms with E-state index in [2.05, 4.69) is 19.1 Å². The lowest BCUT2D eigenvalue weighted by Crippen LogP contribution is -2.31. The summed E-state index contributed by atoms with van der Waals surface area (Å²) in [6.45, 7) is 2.22. The Balaban J connectivity index is 1.88. The maximum absolute atomic E-state index is 11.8. The van der Waals surface area contributed by atoms with Gasteiger partial charge in [0, 0.05) is 0 Å². The molecular weight excluding hydrogens is 248 g/mol. The Bertz CT molecular complexity index is 425. The fourth-order valence-corrected chi connectivity index (χ4v) is 3.37. The largest absolute Gasteiger partial charge is 0.481 e. The first-order valence-electron chi connectivity index (χ1n) is 7.98. The molecule has 1 aliphatic rings. The molecule has 1 aromatic rings. The zero-order valence-corrected chi connectivity index (χ0v) is 12.5. The van der Waals surface area contributed by atoms with E-state index >= 15 is 0 Å². The second-order valence-electron chi connectivity index (χ2n) is 6.23. The molecule has 1 aromatic carbocycles. The summed E-state index contributed by atoms with van der Waals surface area (Å²) >= 11 is 0. The Morgan fingerprint density at radius 3 is 2.15 bits per heavy atom. The highest BCUT2D eigenvalue weighted by Crippen LogP contribution is 2.41. The van der Waals surface area contributed by atoms with Crippen molar-refractivity contribution in [2.45, 2.75) is 64.7 Å². The Hall–Kier alpha value is -1.31. The Morgan fingerprint density at radius 1 is 1.05 bits per heavy atom. The molecule has 0 spiro atoms. The summed E-state index contributed by atoms with van der Waals surface area (Å²) in [5, 5.41) is 9.68. The molecule has 0 aliphatic heterocycles. The van der Waals surface area contributed by atoms with Crippen LogP contribution < -0.4 is 0 Å². The molecule has 2 heteroatoms. The quantitative estimate of drug-likeness (QED) is 0.703. The van der Waals surface area contributed by atoms with Crippen molar-refractivity contribution in [3.8, 4) is 0 Å². The molecule has 20 heavy (non-hydrogen) atoms. The highest BCUT2D eigenvalue weighted by molar-refractivity contribution is 5.77. The van der Waals surface area contributed by atoms with Gasteiger partial charge < -0.3 is 5.11 Å². The summed E-state index contributed by atoms with van der Waals surface area (Å²) in [5.41, 5.74) is 1.94. The zero-order valence-electron chi connectivity index (χ0n) is 12.5. The molecule has 0 saturated carbocycles. The third kappa shape index (κ3) is 3.41. The van der Waals surface area contributed by atoms with Crippen LogP contribution in [0.15, 0.2) is 24.3 Å². The van der Waals surface area contributed by atoms with Gasteiger partial charge in [-0.25, -0.2) is 0 Å². The van der Waals surface area contributed by atoms with Gasteiger partial charge in [-0.3, -0.25) is 4.79 Å².